The Morgan fingerprint density at radius 2 is 1.78 bits per heavy atom. The Morgan fingerprint density at radius 1 is 1.28 bits per heavy atom. The summed E-state index contributed by atoms with van der Waals surface area (Å²) < 4.78 is 0. The molecule has 0 bridgehead atoms. The number of carboxylic acids is 1. The third-order valence-electron chi connectivity index (χ3n) is 2.52. The highest BCUT2D eigenvalue weighted by atomic mass is 16.4. The van der Waals surface area contributed by atoms with Crippen molar-refractivity contribution in [3.05, 3.63) is 12.7 Å². The largest absolute Gasteiger partial charge is 0.480 e. The van der Waals surface area contributed by atoms with E-state index in [-0.39, 0.29) is 5.41 Å². The van der Waals surface area contributed by atoms with Crippen molar-refractivity contribution < 1.29 is 15.0 Å². The molecule has 0 fully saturated rings. The molecule has 0 rings (SSSR count). The van der Waals surface area contributed by atoms with Gasteiger partial charge in [0.2, 0.25) is 0 Å². The van der Waals surface area contributed by atoms with Gasteiger partial charge in [0, 0.05) is 6.61 Å². The van der Waals surface area contributed by atoms with Crippen molar-refractivity contribution in [3.8, 4) is 0 Å². The second-order valence-corrected chi connectivity index (χ2v) is 5.40. The Kier molecular flexibility index (Phi) is 12.2. The number of aliphatic hydroxyl groups is 1. The van der Waals surface area contributed by atoms with Crippen molar-refractivity contribution in [2.45, 2.75) is 58.9 Å². The molecule has 0 aliphatic rings. The standard InChI is InChI=1S/C8H16O.C6H13NO2/c1-2-3-4-5-6-7-8-9;1-6(2,3)4(7)5(8)9/h2,9H,1,3-8H2;4H,7H2,1-3H3,(H,8,9)/t;4-/m.1/s1. The lowest BCUT2D eigenvalue weighted by Gasteiger charge is -2.22. The van der Waals surface area contributed by atoms with Crippen molar-refractivity contribution in [1.82, 2.24) is 0 Å². The number of hydrogen-bond donors (Lipinski definition) is 3. The van der Waals surface area contributed by atoms with Crippen LogP contribution in [-0.2, 0) is 4.79 Å². The first-order chi connectivity index (χ1) is 8.27. The van der Waals surface area contributed by atoms with Crippen molar-refractivity contribution >= 4 is 5.97 Å². The number of rotatable bonds is 7. The second-order valence-electron chi connectivity index (χ2n) is 5.40. The molecule has 108 valence electrons. The van der Waals surface area contributed by atoms with Crippen molar-refractivity contribution in [3.63, 3.8) is 0 Å². The van der Waals surface area contributed by atoms with E-state index < -0.39 is 12.0 Å². The Morgan fingerprint density at radius 3 is 2.06 bits per heavy atom. The van der Waals surface area contributed by atoms with Crippen molar-refractivity contribution in [2.24, 2.45) is 11.1 Å². The molecule has 0 saturated carbocycles. The van der Waals surface area contributed by atoms with Crippen LogP contribution in [0.25, 0.3) is 0 Å². The minimum Gasteiger partial charge on any atom is -0.480 e. The van der Waals surface area contributed by atoms with E-state index in [1.54, 1.807) is 20.8 Å². The molecule has 4 heteroatoms. The summed E-state index contributed by atoms with van der Waals surface area (Å²) in [4.78, 5) is 10.2. The third kappa shape index (κ3) is 13.2. The van der Waals surface area contributed by atoms with E-state index in [1.807, 2.05) is 6.08 Å². The summed E-state index contributed by atoms with van der Waals surface area (Å²) in [5.41, 5.74) is 4.95. The van der Waals surface area contributed by atoms with E-state index in [2.05, 4.69) is 6.58 Å². The molecule has 0 amide bonds. The van der Waals surface area contributed by atoms with Gasteiger partial charge in [-0.1, -0.05) is 39.7 Å². The summed E-state index contributed by atoms with van der Waals surface area (Å²) in [6.45, 7) is 9.36. The Hall–Kier alpha value is -0.870. The average Bonchev–Trinajstić information content (AvgIpc) is 2.27. The fourth-order valence-electron chi connectivity index (χ4n) is 1.12. The quantitative estimate of drug-likeness (QED) is 0.484. The summed E-state index contributed by atoms with van der Waals surface area (Å²) in [6.07, 6.45) is 7.63. The Balaban J connectivity index is 0. The molecule has 0 aliphatic carbocycles. The zero-order valence-electron chi connectivity index (χ0n) is 12.0. The van der Waals surface area contributed by atoms with Crippen LogP contribution in [0.2, 0.25) is 0 Å². The molecule has 0 aliphatic heterocycles. The molecular formula is C14H29NO3. The van der Waals surface area contributed by atoms with Gasteiger partial charge in [0.05, 0.1) is 0 Å². The SMILES string of the molecule is C=CCCCCCCO.CC(C)(C)[C@H](N)C(=O)O. The summed E-state index contributed by atoms with van der Waals surface area (Å²) in [5, 5.41) is 16.8. The van der Waals surface area contributed by atoms with Gasteiger partial charge in [-0.25, -0.2) is 0 Å². The first kappa shape index (κ1) is 19.5. The highest BCUT2D eigenvalue weighted by molar-refractivity contribution is 5.74. The maximum Gasteiger partial charge on any atom is 0.321 e. The van der Waals surface area contributed by atoms with Crippen LogP contribution in [0, 0.1) is 5.41 Å². The number of allylic oxidation sites excluding steroid dienone is 1. The molecule has 18 heavy (non-hydrogen) atoms. The van der Waals surface area contributed by atoms with Gasteiger partial charge in [-0.2, -0.15) is 0 Å². The van der Waals surface area contributed by atoms with E-state index in [9.17, 15) is 4.79 Å². The first-order valence-electron chi connectivity index (χ1n) is 6.47. The summed E-state index contributed by atoms with van der Waals surface area (Å²) in [7, 11) is 0. The lowest BCUT2D eigenvalue weighted by Crippen LogP contribution is -2.41. The number of carboxylic acid groups (broad SMARTS) is 1. The number of unbranched alkanes of at least 4 members (excludes halogenated alkanes) is 4. The van der Waals surface area contributed by atoms with Gasteiger partial charge < -0.3 is 15.9 Å². The molecule has 4 N–H and O–H groups in total. The highest BCUT2D eigenvalue weighted by Gasteiger charge is 2.26. The van der Waals surface area contributed by atoms with Gasteiger partial charge in [0.1, 0.15) is 6.04 Å². The molecule has 0 aromatic rings. The smallest absolute Gasteiger partial charge is 0.321 e. The zero-order chi connectivity index (χ0) is 14.6. The number of carbonyl (C=O) groups is 1. The molecule has 0 unspecified atom stereocenters. The van der Waals surface area contributed by atoms with Crippen LogP contribution in [0.3, 0.4) is 0 Å². The van der Waals surface area contributed by atoms with Crippen molar-refractivity contribution in [1.29, 1.82) is 0 Å². The van der Waals surface area contributed by atoms with Gasteiger partial charge in [0.25, 0.3) is 0 Å². The van der Waals surface area contributed by atoms with Crippen LogP contribution < -0.4 is 5.73 Å². The third-order valence-corrected chi connectivity index (χ3v) is 2.52. The topological polar surface area (TPSA) is 83.5 Å². The predicted molar refractivity (Wildman–Crippen MR) is 75.4 cm³/mol. The molecule has 4 nitrogen and oxygen atoms in total. The van der Waals surface area contributed by atoms with Crippen molar-refractivity contribution in [2.75, 3.05) is 6.61 Å². The van der Waals surface area contributed by atoms with Gasteiger partial charge in [-0.15, -0.1) is 6.58 Å². The number of nitrogens with two attached hydrogens (primary N) is 1. The van der Waals surface area contributed by atoms with Gasteiger partial charge in [0.15, 0.2) is 0 Å². The van der Waals surface area contributed by atoms with Crippen LogP contribution in [0.15, 0.2) is 12.7 Å². The molecule has 0 heterocycles. The number of hydrogen-bond acceptors (Lipinski definition) is 3. The fourth-order valence-corrected chi connectivity index (χ4v) is 1.12. The second kappa shape index (κ2) is 11.2. The minimum absolute atomic E-state index is 0.341. The average molecular weight is 259 g/mol. The maximum absolute atomic E-state index is 10.2. The van der Waals surface area contributed by atoms with Crippen LogP contribution in [0.4, 0.5) is 0 Å². The first-order valence-corrected chi connectivity index (χ1v) is 6.47. The van der Waals surface area contributed by atoms with E-state index >= 15 is 0 Å². The van der Waals surface area contributed by atoms with Gasteiger partial charge >= 0.3 is 5.97 Å². The summed E-state index contributed by atoms with van der Waals surface area (Å²) in [6, 6.07) is -0.766. The maximum atomic E-state index is 10.2. The normalized spacial score (nSPS) is 12.3. The zero-order valence-corrected chi connectivity index (χ0v) is 12.0. The predicted octanol–water partition coefficient (Wildman–Crippen LogP) is 2.56. The molecular weight excluding hydrogens is 230 g/mol. The minimum atomic E-state index is -0.942. The van der Waals surface area contributed by atoms with Gasteiger partial charge in [-0.05, 0) is 24.7 Å². The van der Waals surface area contributed by atoms with E-state index in [1.165, 1.54) is 12.8 Å². The Bertz CT molecular complexity index is 222. The summed E-state index contributed by atoms with van der Waals surface area (Å²) >= 11 is 0. The molecule has 0 aromatic heterocycles. The molecule has 0 radical (unpaired) electrons. The van der Waals surface area contributed by atoms with E-state index in [0.29, 0.717) is 6.61 Å². The van der Waals surface area contributed by atoms with Crippen LogP contribution >= 0.6 is 0 Å². The van der Waals surface area contributed by atoms with Crippen LogP contribution in [0.1, 0.15) is 52.9 Å². The number of aliphatic hydroxyl groups excluding tert-OH is 1. The van der Waals surface area contributed by atoms with Crippen LogP contribution in [0.5, 0.6) is 0 Å². The molecule has 0 spiro atoms. The molecule has 0 saturated heterocycles. The van der Waals surface area contributed by atoms with Gasteiger partial charge in [-0.3, -0.25) is 4.79 Å². The lowest BCUT2D eigenvalue weighted by atomic mass is 9.88. The van der Waals surface area contributed by atoms with E-state index in [4.69, 9.17) is 15.9 Å². The summed E-state index contributed by atoms with van der Waals surface area (Å²) in [5.74, 6) is -0.942. The molecule has 1 atom stereocenters. The Labute approximate surface area is 111 Å². The van der Waals surface area contributed by atoms with E-state index in [0.717, 1.165) is 19.3 Å². The monoisotopic (exact) mass is 259 g/mol. The number of aliphatic carboxylic acids is 1. The highest BCUT2D eigenvalue weighted by Crippen LogP contribution is 2.16. The fraction of sp³-hybridized carbons (Fsp3) is 0.786. The molecule has 0 aromatic carbocycles. The van der Waals surface area contributed by atoms with Crippen LogP contribution in [-0.4, -0.2) is 28.8 Å². The lowest BCUT2D eigenvalue weighted by molar-refractivity contribution is -0.141.